The second-order valence-electron chi connectivity index (χ2n) is 10.5. The van der Waals surface area contributed by atoms with Gasteiger partial charge >= 0.3 is 0 Å². The molecule has 1 aliphatic carbocycles. The molecule has 4 fully saturated rings. The number of aliphatic hydroxyl groups excluding tert-OH is 1. The van der Waals surface area contributed by atoms with Crippen molar-refractivity contribution in [1.29, 1.82) is 0 Å². The van der Waals surface area contributed by atoms with E-state index in [0.29, 0.717) is 31.7 Å². The van der Waals surface area contributed by atoms with E-state index in [1.807, 2.05) is 0 Å². The average molecular weight is 563 g/mol. The minimum absolute atomic E-state index is 0.0119. The van der Waals surface area contributed by atoms with Gasteiger partial charge in [0.15, 0.2) is 11.9 Å². The van der Waals surface area contributed by atoms with Crippen LogP contribution in [0.2, 0.25) is 0 Å². The minimum atomic E-state index is -3.19. The first kappa shape index (κ1) is 25.1. The van der Waals surface area contributed by atoms with Crippen molar-refractivity contribution in [2.24, 2.45) is 0 Å². The Morgan fingerprint density at radius 1 is 1.03 bits per heavy atom. The highest BCUT2D eigenvalue weighted by atomic mass is 32.2. The molecule has 2 N–H and O–H groups in total. The van der Waals surface area contributed by atoms with Crippen molar-refractivity contribution in [3.63, 3.8) is 0 Å². The number of nitrogens with zero attached hydrogens (tertiary/aromatic N) is 3. The van der Waals surface area contributed by atoms with Crippen molar-refractivity contribution in [1.82, 2.24) is 14.3 Å². The van der Waals surface area contributed by atoms with Gasteiger partial charge in [0.2, 0.25) is 10.0 Å². The molecule has 0 spiro atoms. The highest BCUT2D eigenvalue weighted by Gasteiger charge is 2.48. The number of nitrogens with one attached hydrogen (secondary N) is 1. The molecule has 2 aromatic carbocycles. The predicted molar refractivity (Wildman–Crippen MR) is 137 cm³/mol. The summed E-state index contributed by atoms with van der Waals surface area (Å²) in [6.07, 6.45) is -0.731. The second kappa shape index (κ2) is 9.37. The number of imidazole rings is 1. The molecule has 1 aromatic heterocycles. The van der Waals surface area contributed by atoms with Crippen LogP contribution in [-0.2, 0) is 19.5 Å². The van der Waals surface area contributed by atoms with Gasteiger partial charge in [0.1, 0.15) is 29.6 Å². The average Bonchev–Trinajstić information content (AvgIpc) is 3.47. The summed E-state index contributed by atoms with van der Waals surface area (Å²) in [7, 11) is -3.19. The Hall–Kier alpha value is -2.84. The fourth-order valence-electron chi connectivity index (χ4n) is 5.68. The Morgan fingerprint density at radius 2 is 1.74 bits per heavy atom. The Labute approximate surface area is 223 Å². The molecule has 0 bridgehead atoms. The number of aliphatic hydroxyl groups is 1. The van der Waals surface area contributed by atoms with Crippen molar-refractivity contribution in [2.45, 2.75) is 42.5 Å². The fraction of sp³-hybridized carbons (Fsp3) is 0.500. The molecule has 3 saturated heterocycles. The predicted octanol–water partition coefficient (Wildman–Crippen LogP) is 2.03. The zero-order chi connectivity index (χ0) is 26.9. The van der Waals surface area contributed by atoms with E-state index in [4.69, 9.17) is 14.2 Å². The zero-order valence-corrected chi connectivity index (χ0v) is 21.7. The van der Waals surface area contributed by atoms with Crippen LogP contribution in [0, 0.1) is 11.6 Å². The maximum Gasteiger partial charge on any atom is 0.295 e. The third kappa shape index (κ3) is 4.36. The number of fused-ring (bicyclic) bond motifs is 2. The topological polar surface area (TPSA) is 117 Å². The van der Waals surface area contributed by atoms with Crippen LogP contribution in [0.1, 0.15) is 12.8 Å². The van der Waals surface area contributed by atoms with Gasteiger partial charge in [-0.1, -0.05) is 12.1 Å². The number of aromatic nitrogens is 2. The molecule has 39 heavy (non-hydrogen) atoms. The summed E-state index contributed by atoms with van der Waals surface area (Å²) >= 11 is 0. The van der Waals surface area contributed by atoms with E-state index in [-0.39, 0.29) is 41.1 Å². The monoisotopic (exact) mass is 562 g/mol. The number of anilines is 1. The quantitative estimate of drug-likeness (QED) is 0.469. The lowest BCUT2D eigenvalue weighted by Gasteiger charge is -2.35. The van der Waals surface area contributed by atoms with E-state index < -0.39 is 46.1 Å². The molecule has 0 unspecified atom stereocenters. The molecular weight excluding hydrogens is 534 g/mol. The molecule has 7 rings (SSSR count). The third-order valence-electron chi connectivity index (χ3n) is 7.96. The van der Waals surface area contributed by atoms with Crippen LogP contribution in [0.3, 0.4) is 0 Å². The first-order valence-corrected chi connectivity index (χ1v) is 14.6. The summed E-state index contributed by atoms with van der Waals surface area (Å²) in [4.78, 5) is 9.10. The minimum Gasteiger partial charge on any atom is -0.456 e. The van der Waals surface area contributed by atoms with Gasteiger partial charge in [-0.05, 0) is 30.5 Å². The van der Waals surface area contributed by atoms with Gasteiger partial charge in [-0.25, -0.2) is 17.2 Å². The van der Waals surface area contributed by atoms with Crippen LogP contribution in [0.15, 0.2) is 30.3 Å². The lowest BCUT2D eigenvalue weighted by atomic mass is 10.0. The summed E-state index contributed by atoms with van der Waals surface area (Å²) in [5.74, 6) is -1.55. The van der Waals surface area contributed by atoms with Crippen molar-refractivity contribution >= 4 is 26.7 Å². The molecule has 4 heterocycles. The van der Waals surface area contributed by atoms with E-state index in [2.05, 4.69) is 14.9 Å². The summed E-state index contributed by atoms with van der Waals surface area (Å²) in [6.45, 7) is 2.27. The number of rotatable bonds is 6. The van der Waals surface area contributed by atoms with Gasteiger partial charge in [-0.3, -0.25) is 0 Å². The van der Waals surface area contributed by atoms with E-state index >= 15 is 8.78 Å². The molecule has 0 radical (unpaired) electrons. The molecule has 13 heteroatoms. The Morgan fingerprint density at radius 3 is 2.46 bits per heavy atom. The molecule has 4 aliphatic rings. The molecule has 1 saturated carbocycles. The number of hydrogen-bond donors (Lipinski definition) is 2. The Balaban J connectivity index is 1.08. The Kier molecular flexibility index (Phi) is 6.04. The first-order chi connectivity index (χ1) is 18.8. The number of hydrogen-bond acceptors (Lipinski definition) is 8. The molecule has 3 aliphatic heterocycles. The molecule has 10 nitrogen and oxygen atoms in total. The number of aromatic amines is 1. The summed E-state index contributed by atoms with van der Waals surface area (Å²) < 4.78 is 74.1. The van der Waals surface area contributed by atoms with Crippen LogP contribution in [-0.4, -0.2) is 96.9 Å². The van der Waals surface area contributed by atoms with Crippen LogP contribution in [0.4, 0.5) is 14.5 Å². The Bertz CT molecular complexity index is 1500. The maximum atomic E-state index is 15.6. The van der Waals surface area contributed by atoms with Crippen LogP contribution in [0.5, 0.6) is 6.01 Å². The largest absolute Gasteiger partial charge is 0.456 e. The molecule has 0 amide bonds. The molecule has 3 aromatic rings. The summed E-state index contributed by atoms with van der Waals surface area (Å²) in [5.41, 5.74) is 1.12. The smallest absolute Gasteiger partial charge is 0.295 e. The van der Waals surface area contributed by atoms with Gasteiger partial charge in [0.25, 0.3) is 6.01 Å². The van der Waals surface area contributed by atoms with Crippen molar-refractivity contribution in [2.75, 3.05) is 44.3 Å². The van der Waals surface area contributed by atoms with Gasteiger partial charge < -0.3 is 29.2 Å². The van der Waals surface area contributed by atoms with Crippen LogP contribution in [0.25, 0.3) is 22.2 Å². The number of sulfonamides is 1. The van der Waals surface area contributed by atoms with E-state index in [0.717, 1.165) is 18.5 Å². The molecular formula is C26H28F2N4O6S. The number of benzene rings is 2. The molecule has 4 atom stereocenters. The van der Waals surface area contributed by atoms with E-state index in [1.54, 1.807) is 28.6 Å². The normalized spacial score (nSPS) is 27.8. The van der Waals surface area contributed by atoms with Crippen molar-refractivity contribution in [3.8, 4) is 17.1 Å². The SMILES string of the molecule is O=S(=O)(C1CC1)N1CCN(c2ccc(-c3c(F)cc4[nH]c(O[C@@H]5CO[C@H]6[C@@H]5OC[C@H]6O)nc4c3F)cc2)CC1. The number of halogens is 2. The maximum absolute atomic E-state index is 15.6. The van der Waals surface area contributed by atoms with Crippen molar-refractivity contribution < 1.29 is 36.5 Å². The standard InChI is InChI=1S/C26H28F2N4O6S/c27-17-11-18-23(30-26(29-18)38-20-13-37-24-19(33)12-36-25(20)24)22(28)21(17)14-1-3-15(4-2-14)31-7-9-32(10-8-31)39(34,35)16-5-6-16/h1-4,11,16,19-20,24-25,33H,5-10,12-13H2,(H,29,30)/t19-,20-,24-,25-/m1/s1. The van der Waals surface area contributed by atoms with Crippen LogP contribution < -0.4 is 9.64 Å². The van der Waals surface area contributed by atoms with Gasteiger partial charge in [0, 0.05) is 37.9 Å². The second-order valence-corrected chi connectivity index (χ2v) is 12.7. The fourth-order valence-corrected chi connectivity index (χ4v) is 7.51. The number of ether oxygens (including phenoxy) is 3. The lowest BCUT2D eigenvalue weighted by molar-refractivity contribution is 0.00706. The zero-order valence-electron chi connectivity index (χ0n) is 20.9. The first-order valence-electron chi connectivity index (χ1n) is 13.1. The van der Waals surface area contributed by atoms with Crippen LogP contribution >= 0.6 is 0 Å². The highest BCUT2D eigenvalue weighted by molar-refractivity contribution is 7.90. The highest BCUT2D eigenvalue weighted by Crippen LogP contribution is 2.35. The molecule has 208 valence electrons. The van der Waals surface area contributed by atoms with Gasteiger partial charge in [0.05, 0.1) is 29.5 Å². The summed E-state index contributed by atoms with van der Waals surface area (Å²) in [6, 6.07) is 8.07. The van der Waals surface area contributed by atoms with Gasteiger partial charge in [-0.15, -0.1) is 0 Å². The summed E-state index contributed by atoms with van der Waals surface area (Å²) in [5, 5.41) is 9.69. The van der Waals surface area contributed by atoms with Crippen molar-refractivity contribution in [3.05, 3.63) is 42.0 Å². The van der Waals surface area contributed by atoms with Gasteiger partial charge in [-0.2, -0.15) is 9.29 Å². The number of H-pyrrole nitrogens is 1. The van der Waals surface area contributed by atoms with E-state index in [1.165, 1.54) is 6.07 Å². The van der Waals surface area contributed by atoms with E-state index in [9.17, 15) is 13.5 Å². The lowest BCUT2D eigenvalue weighted by Crippen LogP contribution is -2.49. The third-order valence-corrected chi connectivity index (χ3v) is 10.4. The number of piperazine rings is 1.